The first-order chi connectivity index (χ1) is 14.9. The maximum atomic E-state index is 14.5. The van der Waals surface area contributed by atoms with E-state index < -0.39 is 23.1 Å². The quantitative estimate of drug-likeness (QED) is 0.336. The summed E-state index contributed by atoms with van der Waals surface area (Å²) in [4.78, 5) is 29.9. The summed E-state index contributed by atoms with van der Waals surface area (Å²) < 4.78 is 29.5. The predicted octanol–water partition coefficient (Wildman–Crippen LogP) is 5.05. The van der Waals surface area contributed by atoms with Crippen molar-refractivity contribution in [1.82, 2.24) is 9.55 Å². The lowest BCUT2D eigenvalue weighted by molar-refractivity contribution is -0.113. The van der Waals surface area contributed by atoms with Gasteiger partial charge >= 0.3 is 0 Å². The summed E-state index contributed by atoms with van der Waals surface area (Å²) in [6, 6.07) is 16.4. The third kappa shape index (κ3) is 4.45. The first-order valence-corrected chi connectivity index (χ1v) is 10.4. The van der Waals surface area contributed by atoms with Gasteiger partial charge in [0.1, 0.15) is 11.6 Å². The highest BCUT2D eigenvalue weighted by Gasteiger charge is 2.17. The molecule has 4 rings (SSSR count). The van der Waals surface area contributed by atoms with Gasteiger partial charge in [-0.05, 0) is 42.5 Å². The number of nitrogens with zero attached hydrogens (tertiary/aromatic N) is 2. The fraction of sp³-hybridized carbons (Fsp3) is 0.0455. The largest absolute Gasteiger partial charge is 0.323 e. The average molecular weight is 458 g/mol. The number of rotatable bonds is 5. The van der Waals surface area contributed by atoms with Crippen LogP contribution in [-0.2, 0) is 4.79 Å². The van der Waals surface area contributed by atoms with Crippen molar-refractivity contribution in [3.05, 3.63) is 93.7 Å². The molecule has 3 aromatic carbocycles. The average Bonchev–Trinajstić information content (AvgIpc) is 2.75. The van der Waals surface area contributed by atoms with E-state index in [-0.39, 0.29) is 27.3 Å². The van der Waals surface area contributed by atoms with E-state index in [1.165, 1.54) is 30.3 Å². The van der Waals surface area contributed by atoms with Crippen LogP contribution >= 0.6 is 23.4 Å². The topological polar surface area (TPSA) is 64.0 Å². The number of nitrogens with one attached hydrogen (secondary N) is 1. The number of hydrogen-bond donors (Lipinski definition) is 1. The Morgan fingerprint density at radius 2 is 1.77 bits per heavy atom. The van der Waals surface area contributed by atoms with Crippen molar-refractivity contribution < 1.29 is 13.6 Å². The number of para-hydroxylation sites is 2. The number of amides is 1. The van der Waals surface area contributed by atoms with Crippen LogP contribution < -0.4 is 10.9 Å². The molecule has 0 saturated heterocycles. The Morgan fingerprint density at radius 3 is 2.55 bits per heavy atom. The summed E-state index contributed by atoms with van der Waals surface area (Å²) in [6.07, 6.45) is 0. The zero-order valence-electron chi connectivity index (χ0n) is 15.8. The van der Waals surface area contributed by atoms with Crippen LogP contribution in [0, 0.1) is 11.6 Å². The lowest BCUT2D eigenvalue weighted by atomic mass is 10.2. The fourth-order valence-corrected chi connectivity index (χ4v) is 3.93. The van der Waals surface area contributed by atoms with Crippen molar-refractivity contribution >= 4 is 45.9 Å². The molecule has 1 N–H and O–H groups in total. The van der Waals surface area contributed by atoms with Gasteiger partial charge in [-0.3, -0.25) is 14.2 Å². The molecule has 4 aromatic rings. The number of carbonyl (C=O) groups is 1. The number of benzene rings is 3. The molecule has 5 nitrogen and oxygen atoms in total. The highest BCUT2D eigenvalue weighted by atomic mass is 35.5. The minimum Gasteiger partial charge on any atom is -0.323 e. The summed E-state index contributed by atoms with van der Waals surface area (Å²) in [7, 11) is 0. The van der Waals surface area contributed by atoms with E-state index in [1.807, 2.05) is 0 Å². The highest BCUT2D eigenvalue weighted by Crippen LogP contribution is 2.24. The number of anilines is 1. The molecule has 0 fully saturated rings. The first-order valence-electron chi connectivity index (χ1n) is 9.08. The zero-order chi connectivity index (χ0) is 22.0. The van der Waals surface area contributed by atoms with Crippen LogP contribution in [0.2, 0.25) is 5.02 Å². The van der Waals surface area contributed by atoms with Gasteiger partial charge in [-0.2, -0.15) is 0 Å². The number of aromatic nitrogens is 2. The Morgan fingerprint density at radius 1 is 1.03 bits per heavy atom. The SMILES string of the molecule is O=C(CSc1nc2ccccc2c(=O)n1-c1ccccc1F)Nc1ccc(Cl)cc1F. The van der Waals surface area contributed by atoms with Crippen molar-refractivity contribution in [3.8, 4) is 5.69 Å². The van der Waals surface area contributed by atoms with Gasteiger partial charge in [-0.15, -0.1) is 0 Å². The van der Waals surface area contributed by atoms with Crippen LogP contribution in [0.5, 0.6) is 0 Å². The molecule has 1 amide bonds. The van der Waals surface area contributed by atoms with E-state index >= 15 is 0 Å². The first kappa shape index (κ1) is 21.0. The molecule has 0 spiro atoms. The normalized spacial score (nSPS) is 10.9. The second-order valence-corrected chi connectivity index (χ2v) is 7.84. The Hall–Kier alpha value is -3.23. The van der Waals surface area contributed by atoms with Gasteiger partial charge in [0.15, 0.2) is 5.16 Å². The number of hydrogen-bond acceptors (Lipinski definition) is 4. The minimum atomic E-state index is -0.669. The van der Waals surface area contributed by atoms with Crippen LogP contribution in [0.15, 0.2) is 76.7 Å². The Bertz CT molecular complexity index is 1360. The van der Waals surface area contributed by atoms with Crippen LogP contribution in [0.1, 0.15) is 0 Å². The zero-order valence-corrected chi connectivity index (χ0v) is 17.4. The van der Waals surface area contributed by atoms with E-state index in [9.17, 15) is 18.4 Å². The molecular formula is C22H14ClF2N3O2S. The molecule has 0 saturated carbocycles. The number of thioether (sulfide) groups is 1. The minimum absolute atomic E-state index is 0.0204. The fourth-order valence-electron chi connectivity index (χ4n) is 2.96. The van der Waals surface area contributed by atoms with Crippen LogP contribution in [0.4, 0.5) is 14.5 Å². The second kappa shape index (κ2) is 8.87. The van der Waals surface area contributed by atoms with Gasteiger partial charge < -0.3 is 5.32 Å². The van der Waals surface area contributed by atoms with Gasteiger partial charge in [0.25, 0.3) is 5.56 Å². The standard InChI is InChI=1S/C22H14ClF2N3O2S/c23-13-9-10-18(16(25)11-13)26-20(29)12-31-22-27-17-7-3-1-5-14(17)21(30)28(22)19-8-4-2-6-15(19)24/h1-11H,12H2,(H,26,29). The molecule has 31 heavy (non-hydrogen) atoms. The molecular weight excluding hydrogens is 444 g/mol. The number of fused-ring (bicyclic) bond motifs is 1. The summed E-state index contributed by atoms with van der Waals surface area (Å²) in [5.74, 6) is -1.97. The van der Waals surface area contributed by atoms with Crippen molar-refractivity contribution in [2.24, 2.45) is 0 Å². The molecule has 0 aliphatic heterocycles. The van der Waals surface area contributed by atoms with Gasteiger partial charge in [0, 0.05) is 5.02 Å². The molecule has 1 heterocycles. The Labute approximate surface area is 184 Å². The molecule has 0 aliphatic rings. The smallest absolute Gasteiger partial charge is 0.266 e. The Kier molecular flexibility index (Phi) is 6.01. The lowest BCUT2D eigenvalue weighted by Gasteiger charge is -2.14. The third-order valence-corrected chi connectivity index (χ3v) is 5.55. The highest BCUT2D eigenvalue weighted by molar-refractivity contribution is 7.99. The van der Waals surface area contributed by atoms with Gasteiger partial charge in [-0.25, -0.2) is 13.8 Å². The van der Waals surface area contributed by atoms with E-state index in [0.717, 1.165) is 22.4 Å². The number of carbonyl (C=O) groups excluding carboxylic acids is 1. The molecule has 0 unspecified atom stereocenters. The third-order valence-electron chi connectivity index (χ3n) is 4.38. The number of halogens is 3. The predicted molar refractivity (Wildman–Crippen MR) is 118 cm³/mol. The molecule has 0 radical (unpaired) electrons. The van der Waals surface area contributed by atoms with Gasteiger partial charge in [0.05, 0.1) is 28.0 Å². The summed E-state index contributed by atoms with van der Waals surface area (Å²) in [5, 5.41) is 3.12. The molecule has 0 atom stereocenters. The van der Waals surface area contributed by atoms with Crippen molar-refractivity contribution in [3.63, 3.8) is 0 Å². The Balaban J connectivity index is 1.68. The van der Waals surface area contributed by atoms with Crippen LogP contribution in [-0.4, -0.2) is 21.2 Å². The molecule has 0 bridgehead atoms. The molecule has 1 aromatic heterocycles. The summed E-state index contributed by atoms with van der Waals surface area (Å²) in [6.45, 7) is 0. The maximum Gasteiger partial charge on any atom is 0.266 e. The van der Waals surface area contributed by atoms with Crippen molar-refractivity contribution in [2.75, 3.05) is 11.1 Å². The van der Waals surface area contributed by atoms with E-state index in [1.54, 1.807) is 30.3 Å². The van der Waals surface area contributed by atoms with Crippen LogP contribution in [0.3, 0.4) is 0 Å². The van der Waals surface area contributed by atoms with E-state index in [0.29, 0.717) is 10.9 Å². The van der Waals surface area contributed by atoms with E-state index in [2.05, 4.69) is 10.3 Å². The van der Waals surface area contributed by atoms with Gasteiger partial charge in [-0.1, -0.05) is 47.6 Å². The summed E-state index contributed by atoms with van der Waals surface area (Å²) in [5.41, 5.74) is -0.0283. The van der Waals surface area contributed by atoms with Crippen molar-refractivity contribution in [1.29, 1.82) is 0 Å². The van der Waals surface area contributed by atoms with Crippen LogP contribution in [0.25, 0.3) is 16.6 Å². The second-order valence-electron chi connectivity index (χ2n) is 6.46. The van der Waals surface area contributed by atoms with Gasteiger partial charge in [0.2, 0.25) is 5.91 Å². The maximum absolute atomic E-state index is 14.5. The summed E-state index contributed by atoms with van der Waals surface area (Å²) >= 11 is 6.66. The van der Waals surface area contributed by atoms with Crippen molar-refractivity contribution in [2.45, 2.75) is 5.16 Å². The van der Waals surface area contributed by atoms with E-state index in [4.69, 9.17) is 11.6 Å². The lowest BCUT2D eigenvalue weighted by Crippen LogP contribution is -2.23. The molecule has 9 heteroatoms. The molecule has 156 valence electrons. The molecule has 0 aliphatic carbocycles. The monoisotopic (exact) mass is 457 g/mol.